The summed E-state index contributed by atoms with van der Waals surface area (Å²) in [6.07, 6.45) is 1.63. The molecule has 2 N–H and O–H groups in total. The van der Waals surface area contributed by atoms with Crippen molar-refractivity contribution < 1.29 is 24.6 Å². The molecule has 0 bridgehead atoms. The summed E-state index contributed by atoms with van der Waals surface area (Å²) in [6.45, 7) is 4.27. The minimum atomic E-state index is -0.958. The molecule has 0 aliphatic carbocycles. The predicted molar refractivity (Wildman–Crippen MR) is 69.8 cm³/mol. The second-order valence-corrected chi connectivity index (χ2v) is 4.48. The zero-order valence-corrected chi connectivity index (χ0v) is 11.6. The van der Waals surface area contributed by atoms with Crippen molar-refractivity contribution in [2.45, 2.75) is 46.0 Å². The molecule has 0 spiro atoms. The zero-order chi connectivity index (χ0) is 14.8. The van der Waals surface area contributed by atoms with Crippen LogP contribution in [-0.2, 0) is 14.4 Å². The summed E-state index contributed by atoms with van der Waals surface area (Å²) in [5, 5.41) is 17.3. The fourth-order valence-corrected chi connectivity index (χ4v) is 1.88. The average molecular weight is 273 g/mol. The molecule has 0 atom stereocenters. The number of amides is 1. The summed E-state index contributed by atoms with van der Waals surface area (Å²) < 4.78 is 0. The molecule has 0 aromatic carbocycles. The second-order valence-electron chi connectivity index (χ2n) is 4.48. The van der Waals surface area contributed by atoms with Gasteiger partial charge in [0.05, 0.1) is 6.42 Å². The van der Waals surface area contributed by atoms with E-state index in [1.54, 1.807) is 0 Å². The average Bonchev–Trinajstić information content (AvgIpc) is 2.34. The molecule has 0 radical (unpaired) electrons. The SMILES string of the molecule is CCC(CC)C(=O)N(CCCC(=O)O)CCC(=O)O. The van der Waals surface area contributed by atoms with Crippen LogP contribution >= 0.6 is 0 Å². The zero-order valence-electron chi connectivity index (χ0n) is 11.6. The van der Waals surface area contributed by atoms with Gasteiger partial charge in [-0.25, -0.2) is 0 Å². The summed E-state index contributed by atoms with van der Waals surface area (Å²) >= 11 is 0. The van der Waals surface area contributed by atoms with E-state index < -0.39 is 11.9 Å². The Morgan fingerprint density at radius 2 is 1.47 bits per heavy atom. The monoisotopic (exact) mass is 273 g/mol. The van der Waals surface area contributed by atoms with Crippen molar-refractivity contribution in [3.05, 3.63) is 0 Å². The molecule has 110 valence electrons. The van der Waals surface area contributed by atoms with Crippen LogP contribution in [0.4, 0.5) is 0 Å². The van der Waals surface area contributed by atoms with Crippen molar-refractivity contribution in [1.29, 1.82) is 0 Å². The van der Waals surface area contributed by atoms with Crippen molar-refractivity contribution in [1.82, 2.24) is 4.90 Å². The number of rotatable bonds is 10. The van der Waals surface area contributed by atoms with Crippen LogP contribution in [0.3, 0.4) is 0 Å². The van der Waals surface area contributed by atoms with Gasteiger partial charge in [0.25, 0.3) is 0 Å². The number of carboxylic acids is 2. The third kappa shape index (κ3) is 7.43. The van der Waals surface area contributed by atoms with Crippen molar-refractivity contribution in [2.75, 3.05) is 13.1 Å². The van der Waals surface area contributed by atoms with Crippen LogP contribution in [-0.4, -0.2) is 46.0 Å². The van der Waals surface area contributed by atoms with Crippen LogP contribution in [0.25, 0.3) is 0 Å². The van der Waals surface area contributed by atoms with Gasteiger partial charge in [-0.05, 0) is 19.3 Å². The first-order chi connectivity index (χ1) is 8.92. The van der Waals surface area contributed by atoms with Gasteiger partial charge >= 0.3 is 11.9 Å². The van der Waals surface area contributed by atoms with E-state index in [4.69, 9.17) is 10.2 Å². The van der Waals surface area contributed by atoms with Gasteiger partial charge in [0.15, 0.2) is 0 Å². The molecule has 1 amide bonds. The lowest BCUT2D eigenvalue weighted by Gasteiger charge is -2.26. The fraction of sp³-hybridized carbons (Fsp3) is 0.769. The van der Waals surface area contributed by atoms with Gasteiger partial charge in [0.1, 0.15) is 0 Å². The molecule has 0 saturated heterocycles. The summed E-state index contributed by atoms with van der Waals surface area (Å²) in [5.41, 5.74) is 0. The van der Waals surface area contributed by atoms with Gasteiger partial charge in [0, 0.05) is 25.4 Å². The highest BCUT2D eigenvalue weighted by Crippen LogP contribution is 2.13. The van der Waals surface area contributed by atoms with Crippen LogP contribution in [0, 0.1) is 5.92 Å². The van der Waals surface area contributed by atoms with Gasteiger partial charge in [-0.2, -0.15) is 0 Å². The topological polar surface area (TPSA) is 94.9 Å². The Hall–Kier alpha value is -1.59. The van der Waals surface area contributed by atoms with Crippen molar-refractivity contribution in [3.63, 3.8) is 0 Å². The molecule has 6 heteroatoms. The first-order valence-corrected chi connectivity index (χ1v) is 6.64. The molecule has 0 unspecified atom stereocenters. The van der Waals surface area contributed by atoms with E-state index in [1.165, 1.54) is 4.90 Å². The normalized spacial score (nSPS) is 10.5. The lowest BCUT2D eigenvalue weighted by molar-refractivity contribution is -0.141. The Kier molecular flexibility index (Phi) is 8.57. The van der Waals surface area contributed by atoms with E-state index in [-0.39, 0.29) is 31.2 Å². The van der Waals surface area contributed by atoms with E-state index in [2.05, 4.69) is 0 Å². The largest absolute Gasteiger partial charge is 0.481 e. The van der Waals surface area contributed by atoms with E-state index in [0.29, 0.717) is 25.8 Å². The lowest BCUT2D eigenvalue weighted by Crippen LogP contribution is -2.38. The van der Waals surface area contributed by atoms with Gasteiger partial charge in [-0.1, -0.05) is 13.8 Å². The molecule has 0 aliphatic heterocycles. The highest BCUT2D eigenvalue weighted by atomic mass is 16.4. The summed E-state index contributed by atoms with van der Waals surface area (Å²) in [4.78, 5) is 34.7. The van der Waals surface area contributed by atoms with E-state index in [0.717, 1.165) is 0 Å². The predicted octanol–water partition coefficient (Wildman–Crippen LogP) is 1.59. The van der Waals surface area contributed by atoms with Crippen molar-refractivity contribution in [3.8, 4) is 0 Å². The molecule has 0 fully saturated rings. The third-order valence-corrected chi connectivity index (χ3v) is 3.06. The molecule has 0 aromatic rings. The highest BCUT2D eigenvalue weighted by Gasteiger charge is 2.21. The minimum Gasteiger partial charge on any atom is -0.481 e. The maximum Gasteiger partial charge on any atom is 0.305 e. The number of carboxylic acid groups (broad SMARTS) is 2. The Morgan fingerprint density at radius 1 is 0.947 bits per heavy atom. The molecule has 0 heterocycles. The van der Waals surface area contributed by atoms with Crippen LogP contribution in [0.5, 0.6) is 0 Å². The first-order valence-electron chi connectivity index (χ1n) is 6.64. The Bertz CT molecular complexity index is 312. The first kappa shape index (κ1) is 17.4. The van der Waals surface area contributed by atoms with Gasteiger partial charge in [-0.15, -0.1) is 0 Å². The Balaban J connectivity index is 4.50. The van der Waals surface area contributed by atoms with Crippen LogP contribution in [0.1, 0.15) is 46.0 Å². The van der Waals surface area contributed by atoms with E-state index in [9.17, 15) is 14.4 Å². The molecule has 0 rings (SSSR count). The third-order valence-electron chi connectivity index (χ3n) is 3.06. The van der Waals surface area contributed by atoms with Gasteiger partial charge in [-0.3, -0.25) is 14.4 Å². The van der Waals surface area contributed by atoms with Crippen LogP contribution in [0.15, 0.2) is 0 Å². The molecule has 0 aromatic heterocycles. The molecule has 19 heavy (non-hydrogen) atoms. The minimum absolute atomic E-state index is 0.0141. The summed E-state index contributed by atoms with van der Waals surface area (Å²) in [6, 6.07) is 0. The molecular weight excluding hydrogens is 250 g/mol. The Morgan fingerprint density at radius 3 is 1.89 bits per heavy atom. The summed E-state index contributed by atoms with van der Waals surface area (Å²) in [7, 11) is 0. The van der Waals surface area contributed by atoms with Crippen LogP contribution < -0.4 is 0 Å². The van der Waals surface area contributed by atoms with Gasteiger partial charge < -0.3 is 15.1 Å². The number of carbonyl (C=O) groups excluding carboxylic acids is 1. The van der Waals surface area contributed by atoms with E-state index in [1.807, 2.05) is 13.8 Å². The second kappa shape index (κ2) is 9.35. The van der Waals surface area contributed by atoms with Gasteiger partial charge in [0.2, 0.25) is 5.91 Å². The molecule has 0 aliphatic rings. The lowest BCUT2D eigenvalue weighted by atomic mass is 10.0. The highest BCUT2D eigenvalue weighted by molar-refractivity contribution is 5.79. The number of nitrogens with zero attached hydrogens (tertiary/aromatic N) is 1. The number of aliphatic carboxylic acids is 2. The summed E-state index contributed by atoms with van der Waals surface area (Å²) in [5.74, 6) is -2.05. The maximum absolute atomic E-state index is 12.2. The van der Waals surface area contributed by atoms with Crippen molar-refractivity contribution in [2.24, 2.45) is 5.92 Å². The number of hydrogen-bond donors (Lipinski definition) is 2. The molecule has 6 nitrogen and oxygen atoms in total. The smallest absolute Gasteiger partial charge is 0.305 e. The van der Waals surface area contributed by atoms with E-state index >= 15 is 0 Å². The Labute approximate surface area is 113 Å². The standard InChI is InChI=1S/C13H23NO5/c1-3-10(4-2)13(19)14(9-7-12(17)18)8-5-6-11(15)16/h10H,3-9H2,1-2H3,(H,15,16)(H,17,18). The molecular formula is C13H23NO5. The maximum atomic E-state index is 12.2. The quantitative estimate of drug-likeness (QED) is 0.630. The molecule has 0 saturated carbocycles. The number of carbonyl (C=O) groups is 3. The number of hydrogen-bond acceptors (Lipinski definition) is 3. The van der Waals surface area contributed by atoms with Crippen molar-refractivity contribution >= 4 is 17.8 Å². The fourth-order valence-electron chi connectivity index (χ4n) is 1.88. The van der Waals surface area contributed by atoms with Crippen LogP contribution in [0.2, 0.25) is 0 Å².